The number of ether oxygens (including phenoxy) is 1. The van der Waals surface area contributed by atoms with E-state index in [1.54, 1.807) is 18.1 Å². The van der Waals surface area contributed by atoms with Crippen molar-refractivity contribution in [3.8, 4) is 5.75 Å². The van der Waals surface area contributed by atoms with E-state index in [-0.39, 0.29) is 17.7 Å². The van der Waals surface area contributed by atoms with E-state index < -0.39 is 15.1 Å². The number of para-hydroxylation sites is 1. The lowest BCUT2D eigenvalue weighted by atomic mass is 10.1. The van der Waals surface area contributed by atoms with Crippen LogP contribution in [0.5, 0.6) is 5.75 Å². The molecule has 8 heteroatoms. The van der Waals surface area contributed by atoms with Crippen molar-refractivity contribution < 1.29 is 17.9 Å². The zero-order valence-electron chi connectivity index (χ0n) is 15.0. The second-order valence-corrected chi connectivity index (χ2v) is 8.62. The van der Waals surface area contributed by atoms with Gasteiger partial charge >= 0.3 is 0 Å². The molecule has 0 saturated carbocycles. The van der Waals surface area contributed by atoms with Gasteiger partial charge in [0.15, 0.2) is 6.61 Å². The van der Waals surface area contributed by atoms with E-state index in [0.717, 1.165) is 5.56 Å². The van der Waals surface area contributed by atoms with Crippen molar-refractivity contribution in [3.63, 3.8) is 0 Å². The van der Waals surface area contributed by atoms with Crippen LogP contribution in [-0.2, 0) is 21.7 Å². The minimum atomic E-state index is -3.48. The third kappa shape index (κ3) is 3.75. The molecule has 7 nitrogen and oxygen atoms in total. The number of sulfone groups is 1. The average Bonchev–Trinajstić information content (AvgIpc) is 3.08. The lowest BCUT2D eigenvalue weighted by Crippen LogP contribution is -2.44. The van der Waals surface area contributed by atoms with Gasteiger partial charge in [-0.3, -0.25) is 4.79 Å². The second-order valence-electron chi connectivity index (χ2n) is 6.50. The Morgan fingerprint density at radius 3 is 2.58 bits per heavy atom. The van der Waals surface area contributed by atoms with Crippen LogP contribution in [0.25, 0.3) is 0 Å². The van der Waals surface area contributed by atoms with Crippen molar-refractivity contribution in [1.29, 1.82) is 0 Å². The van der Waals surface area contributed by atoms with Gasteiger partial charge in [-0.05, 0) is 31.4 Å². The van der Waals surface area contributed by atoms with Crippen LogP contribution in [0.4, 0.5) is 0 Å². The van der Waals surface area contributed by atoms with Crippen molar-refractivity contribution in [2.75, 3.05) is 19.7 Å². The van der Waals surface area contributed by atoms with Crippen LogP contribution < -0.4 is 4.74 Å². The van der Waals surface area contributed by atoms with Gasteiger partial charge in [-0.15, -0.1) is 0 Å². The maximum Gasteiger partial charge on any atom is 0.260 e. The summed E-state index contributed by atoms with van der Waals surface area (Å²) in [5, 5.41) is -0.421. The van der Waals surface area contributed by atoms with Gasteiger partial charge in [0.05, 0.1) is 5.25 Å². The lowest BCUT2D eigenvalue weighted by molar-refractivity contribution is -0.134. The molecule has 1 aromatic carbocycles. The van der Waals surface area contributed by atoms with Crippen LogP contribution in [-0.4, -0.2) is 53.7 Å². The zero-order chi connectivity index (χ0) is 18.7. The van der Waals surface area contributed by atoms with Crippen molar-refractivity contribution in [2.45, 2.75) is 30.2 Å². The summed E-state index contributed by atoms with van der Waals surface area (Å²) in [6, 6.07) is 7.53. The van der Waals surface area contributed by atoms with Crippen LogP contribution in [0.1, 0.15) is 18.4 Å². The summed E-state index contributed by atoms with van der Waals surface area (Å²) in [4.78, 5) is 18.0. The monoisotopic (exact) mass is 377 g/mol. The van der Waals surface area contributed by atoms with Crippen LogP contribution in [0.3, 0.4) is 0 Å². The van der Waals surface area contributed by atoms with Crippen LogP contribution in [0.15, 0.2) is 41.8 Å². The summed E-state index contributed by atoms with van der Waals surface area (Å²) in [5.74, 6) is 0.564. The Morgan fingerprint density at radius 2 is 1.96 bits per heavy atom. The van der Waals surface area contributed by atoms with E-state index in [0.29, 0.717) is 31.7 Å². The average molecular weight is 377 g/mol. The summed E-state index contributed by atoms with van der Waals surface area (Å²) in [5.41, 5.74) is 0.972. The topological polar surface area (TPSA) is 81.5 Å². The molecular formula is C18H23N3O4S. The molecule has 140 valence electrons. The second kappa shape index (κ2) is 7.49. The minimum absolute atomic E-state index is 0.0400. The van der Waals surface area contributed by atoms with E-state index in [2.05, 4.69) is 4.98 Å². The van der Waals surface area contributed by atoms with Gasteiger partial charge in [0.25, 0.3) is 5.91 Å². The fourth-order valence-corrected chi connectivity index (χ4v) is 4.94. The summed E-state index contributed by atoms with van der Waals surface area (Å²) in [6.07, 6.45) is 3.92. The molecule has 1 amide bonds. The molecule has 1 aliphatic heterocycles. The van der Waals surface area contributed by atoms with E-state index in [9.17, 15) is 13.2 Å². The zero-order valence-corrected chi connectivity index (χ0v) is 15.8. The summed E-state index contributed by atoms with van der Waals surface area (Å²) >= 11 is 0. The lowest BCUT2D eigenvalue weighted by Gasteiger charge is -2.31. The minimum Gasteiger partial charge on any atom is -0.484 e. The first kappa shape index (κ1) is 18.4. The molecule has 0 bridgehead atoms. The first-order valence-corrected chi connectivity index (χ1v) is 10.1. The van der Waals surface area contributed by atoms with Gasteiger partial charge in [0.2, 0.25) is 15.0 Å². The molecule has 2 aromatic rings. The number of nitrogens with zero attached hydrogens (tertiary/aromatic N) is 3. The molecule has 1 saturated heterocycles. The molecule has 1 fully saturated rings. The molecule has 2 heterocycles. The molecule has 0 atom stereocenters. The number of hydrogen-bond acceptors (Lipinski definition) is 5. The number of hydrogen-bond donors (Lipinski definition) is 0. The molecule has 0 unspecified atom stereocenters. The molecular weight excluding hydrogens is 354 g/mol. The third-order valence-corrected chi connectivity index (χ3v) is 6.96. The summed E-state index contributed by atoms with van der Waals surface area (Å²) in [6.45, 7) is 2.70. The number of aromatic nitrogens is 2. The Kier molecular flexibility index (Phi) is 5.31. The maximum absolute atomic E-state index is 12.7. The molecule has 0 spiro atoms. The molecule has 3 rings (SSSR count). The van der Waals surface area contributed by atoms with Crippen LogP contribution in [0.2, 0.25) is 0 Å². The van der Waals surface area contributed by atoms with Gasteiger partial charge in [0, 0.05) is 32.5 Å². The Balaban J connectivity index is 1.56. The number of likely N-dealkylation sites (tertiary alicyclic amines) is 1. The fraction of sp³-hybridized carbons (Fsp3) is 0.444. The molecule has 0 radical (unpaired) electrons. The molecule has 1 aromatic heterocycles. The van der Waals surface area contributed by atoms with E-state index >= 15 is 0 Å². The quantitative estimate of drug-likeness (QED) is 0.790. The highest BCUT2D eigenvalue weighted by Gasteiger charge is 2.35. The van der Waals surface area contributed by atoms with Gasteiger partial charge in [-0.2, -0.15) is 0 Å². The highest BCUT2D eigenvalue weighted by Crippen LogP contribution is 2.23. The van der Waals surface area contributed by atoms with Gasteiger partial charge in [0.1, 0.15) is 5.75 Å². The fourth-order valence-electron chi connectivity index (χ4n) is 3.14. The van der Waals surface area contributed by atoms with E-state index in [1.165, 1.54) is 10.8 Å². The van der Waals surface area contributed by atoms with Crippen molar-refractivity contribution in [3.05, 3.63) is 42.2 Å². The normalized spacial score (nSPS) is 15.8. The van der Waals surface area contributed by atoms with Gasteiger partial charge < -0.3 is 14.2 Å². The van der Waals surface area contributed by atoms with Crippen LogP contribution in [0, 0.1) is 6.92 Å². The first-order chi connectivity index (χ1) is 12.4. The van der Waals surface area contributed by atoms with Gasteiger partial charge in [-0.25, -0.2) is 13.4 Å². The number of carbonyl (C=O) groups excluding carboxylic acids is 1. The standard InChI is InChI=1S/C18H23N3O4S/c1-14-5-3-4-6-16(14)25-13-17(22)21-10-7-15(8-11-21)26(23,24)18-19-9-12-20(18)2/h3-6,9,12,15H,7-8,10-11,13H2,1-2H3. The molecule has 0 aliphatic carbocycles. The number of rotatable bonds is 5. The first-order valence-electron chi connectivity index (χ1n) is 8.57. The number of carbonyl (C=O) groups is 1. The molecule has 1 aliphatic rings. The number of aryl methyl sites for hydroxylation is 2. The Hall–Kier alpha value is -2.35. The van der Waals surface area contributed by atoms with Crippen LogP contribution >= 0.6 is 0 Å². The van der Waals surface area contributed by atoms with Crippen molar-refractivity contribution >= 4 is 15.7 Å². The Labute approximate surface area is 153 Å². The van der Waals surface area contributed by atoms with E-state index in [1.807, 2.05) is 31.2 Å². The smallest absolute Gasteiger partial charge is 0.260 e. The summed E-state index contributed by atoms with van der Waals surface area (Å²) in [7, 11) is -1.81. The third-order valence-electron chi connectivity index (χ3n) is 4.71. The van der Waals surface area contributed by atoms with E-state index in [4.69, 9.17) is 4.74 Å². The van der Waals surface area contributed by atoms with Gasteiger partial charge in [-0.1, -0.05) is 18.2 Å². The number of imidazole rings is 1. The molecule has 26 heavy (non-hydrogen) atoms. The Morgan fingerprint density at radius 1 is 1.27 bits per heavy atom. The largest absolute Gasteiger partial charge is 0.484 e. The molecule has 0 N–H and O–H groups in total. The highest BCUT2D eigenvalue weighted by atomic mass is 32.2. The predicted molar refractivity (Wildman–Crippen MR) is 96.7 cm³/mol. The summed E-state index contributed by atoms with van der Waals surface area (Å²) < 4.78 is 32.5. The Bertz CT molecular complexity index is 883. The number of piperidine rings is 1. The highest BCUT2D eigenvalue weighted by molar-refractivity contribution is 7.91. The predicted octanol–water partition coefficient (Wildman–Crippen LogP) is 1.57. The van der Waals surface area contributed by atoms with Crippen molar-refractivity contribution in [1.82, 2.24) is 14.5 Å². The maximum atomic E-state index is 12.7. The number of benzene rings is 1. The SMILES string of the molecule is Cc1ccccc1OCC(=O)N1CCC(S(=O)(=O)c2nccn2C)CC1. The number of amides is 1. The van der Waals surface area contributed by atoms with Crippen molar-refractivity contribution in [2.24, 2.45) is 7.05 Å².